The highest BCUT2D eigenvalue weighted by atomic mass is 127. The number of ether oxygens (including phenoxy) is 2. The predicted molar refractivity (Wildman–Crippen MR) is 79.0 cm³/mol. The fourth-order valence-corrected chi connectivity index (χ4v) is 2.31. The Morgan fingerprint density at radius 1 is 1.32 bits per heavy atom. The number of aromatic nitrogens is 2. The third kappa shape index (κ3) is 2.42. The Labute approximate surface area is 127 Å². The normalized spacial score (nSPS) is 13.4. The Kier molecular flexibility index (Phi) is 3.36. The van der Waals surface area contributed by atoms with Gasteiger partial charge >= 0.3 is 0 Å². The summed E-state index contributed by atoms with van der Waals surface area (Å²) in [5, 5.41) is 0.438. The molecule has 0 radical (unpaired) electrons. The van der Waals surface area contributed by atoms with Crippen LogP contribution in [0.2, 0.25) is 5.02 Å². The summed E-state index contributed by atoms with van der Waals surface area (Å²) in [6.45, 7) is 0.952. The zero-order chi connectivity index (χ0) is 13.4. The first-order valence-corrected chi connectivity index (χ1v) is 6.95. The van der Waals surface area contributed by atoms with E-state index in [9.17, 15) is 4.79 Å². The molecular formula is C12H8ClIN2O3. The van der Waals surface area contributed by atoms with Gasteiger partial charge in [0.2, 0.25) is 0 Å². The SMILES string of the molecule is O=c1[nH]c(-c2cc(Cl)c3c(c2)OCCO3)ncc1I. The monoisotopic (exact) mass is 390 g/mol. The second kappa shape index (κ2) is 5.01. The van der Waals surface area contributed by atoms with Crippen molar-refractivity contribution in [1.82, 2.24) is 9.97 Å². The van der Waals surface area contributed by atoms with Crippen LogP contribution in [0.3, 0.4) is 0 Å². The van der Waals surface area contributed by atoms with Gasteiger partial charge in [-0.1, -0.05) is 11.6 Å². The topological polar surface area (TPSA) is 64.2 Å². The molecule has 3 rings (SSSR count). The summed E-state index contributed by atoms with van der Waals surface area (Å²) in [6.07, 6.45) is 1.51. The average Bonchev–Trinajstić information content (AvgIpc) is 2.42. The van der Waals surface area contributed by atoms with Crippen molar-refractivity contribution in [2.45, 2.75) is 0 Å². The van der Waals surface area contributed by atoms with E-state index < -0.39 is 0 Å². The molecule has 0 bridgehead atoms. The van der Waals surface area contributed by atoms with Gasteiger partial charge in [-0.2, -0.15) is 0 Å². The Hall–Kier alpha value is -1.28. The highest BCUT2D eigenvalue weighted by molar-refractivity contribution is 14.1. The molecule has 0 amide bonds. The summed E-state index contributed by atoms with van der Waals surface area (Å²) in [6, 6.07) is 3.45. The van der Waals surface area contributed by atoms with Crippen LogP contribution in [0.1, 0.15) is 0 Å². The number of fused-ring (bicyclic) bond motifs is 1. The third-order valence-electron chi connectivity index (χ3n) is 2.63. The lowest BCUT2D eigenvalue weighted by Gasteiger charge is -2.20. The predicted octanol–water partition coefficient (Wildman–Crippen LogP) is 2.47. The van der Waals surface area contributed by atoms with Crippen LogP contribution in [0.15, 0.2) is 23.1 Å². The lowest BCUT2D eigenvalue weighted by Crippen LogP contribution is -2.16. The molecule has 98 valence electrons. The van der Waals surface area contributed by atoms with Crippen molar-refractivity contribution >= 4 is 34.2 Å². The van der Waals surface area contributed by atoms with Gasteiger partial charge in [-0.3, -0.25) is 4.79 Å². The van der Waals surface area contributed by atoms with E-state index in [1.807, 2.05) is 22.6 Å². The molecular weight excluding hydrogens is 382 g/mol. The molecule has 5 nitrogen and oxygen atoms in total. The molecule has 0 spiro atoms. The van der Waals surface area contributed by atoms with Gasteiger partial charge < -0.3 is 14.5 Å². The number of halogens is 2. The van der Waals surface area contributed by atoms with Crippen LogP contribution in [0.5, 0.6) is 11.5 Å². The maximum Gasteiger partial charge on any atom is 0.264 e. The standard InChI is InChI=1S/C12H8ClIN2O3/c13-7-3-6(4-9-10(7)19-2-1-18-9)11-15-5-8(14)12(17)16-11/h3-5H,1-2H2,(H,15,16,17). The molecule has 7 heteroatoms. The van der Waals surface area contributed by atoms with Gasteiger partial charge in [0.25, 0.3) is 5.56 Å². The van der Waals surface area contributed by atoms with Crippen LogP contribution in [-0.4, -0.2) is 23.2 Å². The van der Waals surface area contributed by atoms with Crippen LogP contribution in [0, 0.1) is 3.57 Å². The highest BCUT2D eigenvalue weighted by Gasteiger charge is 2.18. The molecule has 0 saturated heterocycles. The smallest absolute Gasteiger partial charge is 0.264 e. The Bertz CT molecular complexity index is 702. The van der Waals surface area contributed by atoms with Gasteiger partial charge in [-0.15, -0.1) is 0 Å². The zero-order valence-electron chi connectivity index (χ0n) is 9.57. The maximum atomic E-state index is 11.6. The van der Waals surface area contributed by atoms with Crippen molar-refractivity contribution in [1.29, 1.82) is 0 Å². The molecule has 2 aromatic rings. The minimum absolute atomic E-state index is 0.184. The Morgan fingerprint density at radius 3 is 2.89 bits per heavy atom. The molecule has 0 saturated carbocycles. The number of hydrogen-bond acceptors (Lipinski definition) is 4. The largest absolute Gasteiger partial charge is 0.486 e. The number of H-pyrrole nitrogens is 1. The van der Waals surface area contributed by atoms with Crippen molar-refractivity contribution in [3.63, 3.8) is 0 Å². The number of rotatable bonds is 1. The molecule has 1 aromatic carbocycles. The molecule has 0 aliphatic carbocycles. The van der Waals surface area contributed by atoms with Crippen molar-refractivity contribution in [2.24, 2.45) is 0 Å². The van der Waals surface area contributed by atoms with E-state index in [4.69, 9.17) is 21.1 Å². The van der Waals surface area contributed by atoms with E-state index in [2.05, 4.69) is 9.97 Å². The molecule has 1 aliphatic rings. The van der Waals surface area contributed by atoms with Crippen LogP contribution in [-0.2, 0) is 0 Å². The van der Waals surface area contributed by atoms with E-state index >= 15 is 0 Å². The van der Waals surface area contributed by atoms with Gasteiger partial charge in [-0.25, -0.2) is 4.98 Å². The number of benzene rings is 1. The number of hydrogen-bond donors (Lipinski definition) is 1. The summed E-state index contributed by atoms with van der Waals surface area (Å²) in [7, 11) is 0. The van der Waals surface area contributed by atoms with E-state index in [0.717, 1.165) is 0 Å². The lowest BCUT2D eigenvalue weighted by atomic mass is 10.2. The highest BCUT2D eigenvalue weighted by Crippen LogP contribution is 2.40. The van der Waals surface area contributed by atoms with Gasteiger partial charge in [0.15, 0.2) is 11.5 Å². The van der Waals surface area contributed by atoms with Crippen molar-refractivity contribution in [3.05, 3.63) is 37.3 Å². The second-order valence-corrected chi connectivity index (χ2v) is 5.46. The van der Waals surface area contributed by atoms with Gasteiger partial charge in [-0.05, 0) is 34.7 Å². The average molecular weight is 391 g/mol. The zero-order valence-corrected chi connectivity index (χ0v) is 12.5. The summed E-state index contributed by atoms with van der Waals surface area (Å²) in [5.74, 6) is 1.55. The molecule has 0 atom stereocenters. The van der Waals surface area contributed by atoms with Gasteiger partial charge in [0.1, 0.15) is 19.0 Å². The summed E-state index contributed by atoms with van der Waals surface area (Å²) < 4.78 is 11.5. The number of nitrogens with zero attached hydrogens (tertiary/aromatic N) is 1. The van der Waals surface area contributed by atoms with Crippen LogP contribution < -0.4 is 15.0 Å². The van der Waals surface area contributed by atoms with Gasteiger partial charge in [0.05, 0.1) is 8.59 Å². The first kappa shape index (κ1) is 12.7. The second-order valence-electron chi connectivity index (χ2n) is 3.89. The molecule has 1 aliphatic heterocycles. The van der Waals surface area contributed by atoms with E-state index in [1.54, 1.807) is 12.1 Å². The minimum atomic E-state index is -0.184. The van der Waals surface area contributed by atoms with E-state index in [-0.39, 0.29) is 5.56 Å². The fraction of sp³-hybridized carbons (Fsp3) is 0.167. The van der Waals surface area contributed by atoms with Crippen LogP contribution >= 0.6 is 34.2 Å². The lowest BCUT2D eigenvalue weighted by molar-refractivity contribution is 0.172. The minimum Gasteiger partial charge on any atom is -0.486 e. The molecule has 1 aromatic heterocycles. The molecule has 19 heavy (non-hydrogen) atoms. The van der Waals surface area contributed by atoms with Crippen LogP contribution in [0.4, 0.5) is 0 Å². The first-order valence-electron chi connectivity index (χ1n) is 5.49. The maximum absolute atomic E-state index is 11.6. The Morgan fingerprint density at radius 2 is 2.11 bits per heavy atom. The fourth-order valence-electron chi connectivity index (χ4n) is 1.77. The number of nitrogens with one attached hydrogen (secondary N) is 1. The molecule has 0 unspecified atom stereocenters. The van der Waals surface area contributed by atoms with Crippen molar-refractivity contribution < 1.29 is 9.47 Å². The summed E-state index contributed by atoms with van der Waals surface area (Å²) in [4.78, 5) is 18.5. The van der Waals surface area contributed by atoms with Crippen molar-refractivity contribution in [2.75, 3.05) is 13.2 Å². The van der Waals surface area contributed by atoms with Gasteiger partial charge in [0, 0.05) is 11.8 Å². The quantitative estimate of drug-likeness (QED) is 0.760. The van der Waals surface area contributed by atoms with E-state index in [1.165, 1.54) is 6.20 Å². The Balaban J connectivity index is 2.12. The van der Waals surface area contributed by atoms with Crippen molar-refractivity contribution in [3.8, 4) is 22.9 Å². The number of aromatic amines is 1. The first-order chi connectivity index (χ1) is 9.15. The van der Waals surface area contributed by atoms with Crippen LogP contribution in [0.25, 0.3) is 11.4 Å². The molecule has 2 heterocycles. The molecule has 0 fully saturated rings. The third-order valence-corrected chi connectivity index (χ3v) is 3.68. The molecule has 1 N–H and O–H groups in total. The summed E-state index contributed by atoms with van der Waals surface area (Å²) in [5.41, 5.74) is 0.499. The summed E-state index contributed by atoms with van der Waals surface area (Å²) >= 11 is 8.07. The van der Waals surface area contributed by atoms with E-state index in [0.29, 0.717) is 44.7 Å².